The van der Waals surface area contributed by atoms with Crippen molar-refractivity contribution >= 4 is 6.09 Å². The lowest BCUT2D eigenvalue weighted by atomic mass is 10.0. The lowest BCUT2D eigenvalue weighted by Crippen LogP contribution is -2.55. The summed E-state index contributed by atoms with van der Waals surface area (Å²) in [6.45, 7) is 0.220. The van der Waals surface area contributed by atoms with E-state index in [1.54, 1.807) is 0 Å². The summed E-state index contributed by atoms with van der Waals surface area (Å²) in [6, 6.07) is -1.01. The molecular weight excluding hydrogens is 457 g/mol. The number of nitrogens with zero attached hydrogens (tertiary/aromatic N) is 4. The van der Waals surface area contributed by atoms with Crippen LogP contribution in [0.2, 0.25) is 0 Å². The van der Waals surface area contributed by atoms with E-state index in [9.17, 15) is 37.0 Å². The summed E-state index contributed by atoms with van der Waals surface area (Å²) in [6.07, 6.45) is -9.52. The number of nitrogens with one attached hydrogen (secondary N) is 1. The Morgan fingerprint density at radius 2 is 2.03 bits per heavy atom. The number of hydrogen-bond donors (Lipinski definition) is 4. The Balaban J connectivity index is 1.71. The van der Waals surface area contributed by atoms with Crippen molar-refractivity contribution in [1.82, 2.24) is 25.1 Å². The molecular formula is C19H26F5N5O4. The van der Waals surface area contributed by atoms with Crippen LogP contribution in [0.5, 0.6) is 0 Å². The molecule has 0 spiro atoms. The maximum Gasteiger partial charge on any atom is 0.433 e. The monoisotopic (exact) mass is 483 g/mol. The van der Waals surface area contributed by atoms with E-state index in [0.29, 0.717) is 0 Å². The molecule has 3 heterocycles. The van der Waals surface area contributed by atoms with Gasteiger partial charge in [0, 0.05) is 44.1 Å². The number of fused-ring (bicyclic) bond motifs is 1. The second-order valence-electron chi connectivity index (χ2n) is 8.43. The van der Waals surface area contributed by atoms with Gasteiger partial charge in [0.05, 0.1) is 12.2 Å². The molecule has 2 aliphatic rings. The third kappa shape index (κ3) is 6.46. The van der Waals surface area contributed by atoms with Crippen molar-refractivity contribution in [3.63, 3.8) is 0 Å². The number of alkyl halides is 5. The van der Waals surface area contributed by atoms with E-state index in [0.717, 1.165) is 4.90 Å². The summed E-state index contributed by atoms with van der Waals surface area (Å²) in [5, 5.41) is 32.0. The predicted octanol–water partition coefficient (Wildman–Crippen LogP) is 1.56. The van der Waals surface area contributed by atoms with Gasteiger partial charge in [-0.15, -0.1) is 0 Å². The van der Waals surface area contributed by atoms with E-state index in [4.69, 9.17) is 5.11 Å². The third-order valence-electron chi connectivity index (χ3n) is 5.80. The van der Waals surface area contributed by atoms with Gasteiger partial charge in [-0.2, -0.15) is 13.2 Å². The Morgan fingerprint density at radius 3 is 2.67 bits per heavy atom. The number of aliphatic hydroxyl groups excluding tert-OH is 2. The topological polar surface area (TPSA) is 122 Å². The molecule has 1 aromatic heterocycles. The smallest absolute Gasteiger partial charge is 0.433 e. The number of carbonyl (C=O) groups is 1. The van der Waals surface area contributed by atoms with Crippen molar-refractivity contribution in [1.29, 1.82) is 0 Å². The highest BCUT2D eigenvalue weighted by molar-refractivity contribution is 5.64. The minimum atomic E-state index is -4.65. The molecule has 9 nitrogen and oxygen atoms in total. The summed E-state index contributed by atoms with van der Waals surface area (Å²) < 4.78 is 67.4. The van der Waals surface area contributed by atoms with E-state index in [2.05, 4.69) is 15.3 Å². The molecule has 1 saturated heterocycles. The van der Waals surface area contributed by atoms with Gasteiger partial charge in [-0.1, -0.05) is 0 Å². The van der Waals surface area contributed by atoms with Crippen LogP contribution in [0.15, 0.2) is 0 Å². The summed E-state index contributed by atoms with van der Waals surface area (Å²) in [5.41, 5.74) is -0.936. The van der Waals surface area contributed by atoms with E-state index in [1.165, 1.54) is 11.8 Å². The summed E-state index contributed by atoms with van der Waals surface area (Å²) in [5.74, 6) is -3.10. The highest BCUT2D eigenvalue weighted by Crippen LogP contribution is 2.34. The van der Waals surface area contributed by atoms with Crippen molar-refractivity contribution in [2.45, 2.75) is 69.7 Å². The summed E-state index contributed by atoms with van der Waals surface area (Å²) in [7, 11) is 0. The van der Waals surface area contributed by atoms with Crippen LogP contribution in [-0.4, -0.2) is 85.2 Å². The first-order valence-electron chi connectivity index (χ1n) is 10.4. The predicted molar refractivity (Wildman–Crippen MR) is 103 cm³/mol. The average molecular weight is 483 g/mol. The summed E-state index contributed by atoms with van der Waals surface area (Å²) >= 11 is 0. The lowest BCUT2D eigenvalue weighted by molar-refractivity contribution is -0.142. The summed E-state index contributed by atoms with van der Waals surface area (Å²) in [4.78, 5) is 21.3. The second kappa shape index (κ2) is 9.60. The van der Waals surface area contributed by atoms with Gasteiger partial charge in [0.15, 0.2) is 5.69 Å². The molecule has 1 fully saturated rings. The molecule has 14 heteroatoms. The van der Waals surface area contributed by atoms with Crippen LogP contribution in [-0.2, 0) is 19.1 Å². The van der Waals surface area contributed by atoms with Crippen molar-refractivity contribution in [3.05, 3.63) is 22.8 Å². The second-order valence-corrected chi connectivity index (χ2v) is 8.43. The molecule has 2 aliphatic heterocycles. The van der Waals surface area contributed by atoms with E-state index in [1.807, 2.05) is 0 Å². The van der Waals surface area contributed by atoms with Gasteiger partial charge in [-0.3, -0.25) is 9.80 Å². The number of aryl methyl sites for hydroxylation is 1. The Labute approximate surface area is 186 Å². The van der Waals surface area contributed by atoms with Crippen LogP contribution < -0.4 is 5.32 Å². The molecule has 2 unspecified atom stereocenters. The first-order chi connectivity index (χ1) is 15.2. The number of amides is 1. The highest BCUT2D eigenvalue weighted by Gasteiger charge is 2.41. The number of aliphatic hydroxyl groups is 2. The molecule has 0 bridgehead atoms. The molecule has 33 heavy (non-hydrogen) atoms. The molecule has 3 rings (SSSR count). The number of likely N-dealkylation sites (tertiary alicyclic amines) is 1. The maximum atomic E-state index is 13.7. The van der Waals surface area contributed by atoms with E-state index >= 15 is 0 Å². The zero-order chi connectivity index (χ0) is 24.6. The molecule has 186 valence electrons. The van der Waals surface area contributed by atoms with Gasteiger partial charge >= 0.3 is 12.3 Å². The third-order valence-corrected chi connectivity index (χ3v) is 5.80. The van der Waals surface area contributed by atoms with E-state index in [-0.39, 0.29) is 56.0 Å². The molecule has 1 aromatic rings. The highest BCUT2D eigenvalue weighted by atomic mass is 19.4. The number of rotatable bonds is 6. The van der Waals surface area contributed by atoms with Crippen LogP contribution in [0.4, 0.5) is 26.7 Å². The van der Waals surface area contributed by atoms with Crippen molar-refractivity contribution in [2.75, 3.05) is 19.6 Å². The fourth-order valence-corrected chi connectivity index (χ4v) is 4.29. The molecule has 4 N–H and O–H groups in total. The van der Waals surface area contributed by atoms with Gasteiger partial charge in [0.2, 0.25) is 0 Å². The Hall–Kier alpha value is -2.16. The Kier molecular flexibility index (Phi) is 7.41. The fraction of sp³-hybridized carbons (Fsp3) is 0.737. The first kappa shape index (κ1) is 25.5. The SMILES string of the molecule is Cc1nc2c(c(C(F)(F)F)n1)CCN(C(O)C[C@@H](CN1CC(F)(F)CCC1O)NC(=O)O)C2. The van der Waals surface area contributed by atoms with Crippen molar-refractivity contribution in [3.8, 4) is 0 Å². The number of hydrogen-bond acceptors (Lipinski definition) is 7. The molecule has 3 atom stereocenters. The zero-order valence-corrected chi connectivity index (χ0v) is 17.8. The van der Waals surface area contributed by atoms with Gasteiger partial charge < -0.3 is 20.6 Å². The van der Waals surface area contributed by atoms with Crippen LogP contribution in [0.1, 0.15) is 42.0 Å². The lowest BCUT2D eigenvalue weighted by Gasteiger charge is -2.39. The molecule has 0 radical (unpaired) electrons. The van der Waals surface area contributed by atoms with Crippen LogP contribution in [0.3, 0.4) is 0 Å². The number of piperidine rings is 1. The Morgan fingerprint density at radius 1 is 1.33 bits per heavy atom. The molecule has 1 amide bonds. The van der Waals surface area contributed by atoms with Crippen LogP contribution >= 0.6 is 0 Å². The van der Waals surface area contributed by atoms with E-state index < -0.39 is 55.3 Å². The van der Waals surface area contributed by atoms with Crippen molar-refractivity contribution in [2.24, 2.45) is 0 Å². The first-order valence-corrected chi connectivity index (χ1v) is 10.4. The zero-order valence-electron chi connectivity index (χ0n) is 17.8. The van der Waals surface area contributed by atoms with Gasteiger partial charge in [0.25, 0.3) is 5.92 Å². The van der Waals surface area contributed by atoms with Gasteiger partial charge in [-0.05, 0) is 19.8 Å². The standard InChI is InChI=1S/C19H26F5N5O4/c1-10-25-13-8-28(5-3-12(13)16(26-10)19(22,23)24)15(31)6-11(27-17(32)33)7-29-9-18(20,21)4-2-14(29)30/h11,14-15,27,30-31H,2-9H2,1H3,(H,32,33)/t11-,14?,15?/m0/s1. The fourth-order valence-electron chi connectivity index (χ4n) is 4.29. The number of halogens is 5. The largest absolute Gasteiger partial charge is 0.465 e. The quantitative estimate of drug-likeness (QED) is 0.450. The van der Waals surface area contributed by atoms with Crippen LogP contribution in [0.25, 0.3) is 0 Å². The maximum absolute atomic E-state index is 13.7. The van der Waals surface area contributed by atoms with Crippen molar-refractivity contribution < 1.29 is 42.1 Å². The van der Waals surface area contributed by atoms with Gasteiger partial charge in [-0.25, -0.2) is 23.5 Å². The number of carboxylic acid groups (broad SMARTS) is 1. The average Bonchev–Trinajstić information content (AvgIpc) is 2.68. The van der Waals surface area contributed by atoms with Crippen LogP contribution in [0, 0.1) is 6.92 Å². The van der Waals surface area contributed by atoms with Gasteiger partial charge in [0.1, 0.15) is 18.3 Å². The molecule has 0 aliphatic carbocycles. The minimum Gasteiger partial charge on any atom is -0.465 e. The minimum absolute atomic E-state index is 0.0356. The number of aromatic nitrogens is 2. The Bertz CT molecular complexity index is 872. The molecule has 0 saturated carbocycles. The normalized spacial score (nSPS) is 23.6. The molecule has 0 aromatic carbocycles.